The third kappa shape index (κ3) is 5.36. The third-order valence-electron chi connectivity index (χ3n) is 3.54. The zero-order valence-corrected chi connectivity index (χ0v) is 11.0. The van der Waals surface area contributed by atoms with Gasteiger partial charge in [0.2, 0.25) is 5.91 Å². The molecule has 0 aliphatic heterocycles. The summed E-state index contributed by atoms with van der Waals surface area (Å²) in [6.45, 7) is -1.94. The standard InChI is InChI=1S/C12H19F3N2O3/c13-12(14,15)7-17(6-10(18)19)11(20)9-3-1-8(5-16)2-4-9/h8-9H,1-7,16H2,(H,18,19). The van der Waals surface area contributed by atoms with Crippen molar-refractivity contribution in [3.63, 3.8) is 0 Å². The van der Waals surface area contributed by atoms with E-state index in [0.717, 1.165) is 0 Å². The lowest BCUT2D eigenvalue weighted by molar-refractivity contribution is -0.168. The lowest BCUT2D eigenvalue weighted by atomic mass is 9.81. The van der Waals surface area contributed by atoms with Crippen LogP contribution in [0.1, 0.15) is 25.7 Å². The normalized spacial score (nSPS) is 23.4. The molecule has 1 fully saturated rings. The summed E-state index contributed by atoms with van der Waals surface area (Å²) in [7, 11) is 0. The van der Waals surface area contributed by atoms with Crippen molar-refractivity contribution in [1.29, 1.82) is 0 Å². The van der Waals surface area contributed by atoms with Crippen LogP contribution >= 0.6 is 0 Å². The first-order valence-corrected chi connectivity index (χ1v) is 6.50. The molecule has 0 heterocycles. The number of alkyl halides is 3. The molecule has 0 atom stereocenters. The van der Waals surface area contributed by atoms with Crippen molar-refractivity contribution in [2.45, 2.75) is 31.9 Å². The molecule has 3 N–H and O–H groups in total. The summed E-state index contributed by atoms with van der Waals surface area (Å²) < 4.78 is 37.2. The van der Waals surface area contributed by atoms with Crippen LogP contribution in [-0.2, 0) is 9.59 Å². The highest BCUT2D eigenvalue weighted by atomic mass is 19.4. The summed E-state index contributed by atoms with van der Waals surface area (Å²) in [5.74, 6) is -2.40. The van der Waals surface area contributed by atoms with Crippen LogP contribution in [-0.4, -0.2) is 47.7 Å². The fourth-order valence-corrected chi connectivity index (χ4v) is 2.49. The maximum absolute atomic E-state index is 12.4. The molecule has 0 spiro atoms. The number of nitrogens with two attached hydrogens (primary N) is 1. The van der Waals surface area contributed by atoms with Gasteiger partial charge >= 0.3 is 12.1 Å². The van der Waals surface area contributed by atoms with Crippen molar-refractivity contribution in [2.24, 2.45) is 17.6 Å². The molecule has 1 amide bonds. The van der Waals surface area contributed by atoms with Crippen molar-refractivity contribution in [2.75, 3.05) is 19.6 Å². The van der Waals surface area contributed by atoms with Crippen LogP contribution in [0.2, 0.25) is 0 Å². The molecule has 0 aromatic heterocycles. The number of hydrogen-bond acceptors (Lipinski definition) is 3. The number of rotatable bonds is 5. The van der Waals surface area contributed by atoms with Gasteiger partial charge in [-0.2, -0.15) is 13.2 Å². The second-order valence-electron chi connectivity index (χ2n) is 5.16. The molecule has 5 nitrogen and oxygen atoms in total. The summed E-state index contributed by atoms with van der Waals surface area (Å²) in [5.41, 5.74) is 5.51. The fraction of sp³-hybridized carbons (Fsp3) is 0.833. The molecule has 0 bridgehead atoms. The van der Waals surface area contributed by atoms with Crippen LogP contribution in [0.15, 0.2) is 0 Å². The Kier molecular flexibility index (Phi) is 5.79. The van der Waals surface area contributed by atoms with E-state index in [0.29, 0.717) is 43.0 Å². The molecule has 1 aliphatic carbocycles. The van der Waals surface area contributed by atoms with Crippen LogP contribution in [0.25, 0.3) is 0 Å². The number of carboxylic acids is 1. The number of halogens is 3. The van der Waals surface area contributed by atoms with Crippen LogP contribution < -0.4 is 5.73 Å². The molecule has 1 rings (SSSR count). The second-order valence-corrected chi connectivity index (χ2v) is 5.16. The Balaban J connectivity index is 2.65. The highest BCUT2D eigenvalue weighted by Crippen LogP contribution is 2.30. The highest BCUT2D eigenvalue weighted by Gasteiger charge is 2.37. The van der Waals surface area contributed by atoms with E-state index in [2.05, 4.69) is 0 Å². The molecule has 1 saturated carbocycles. The minimum absolute atomic E-state index is 0.301. The summed E-state index contributed by atoms with van der Waals surface area (Å²) in [5, 5.41) is 8.63. The van der Waals surface area contributed by atoms with Crippen LogP contribution in [0.3, 0.4) is 0 Å². The Bertz CT molecular complexity index is 352. The molecular formula is C12H19F3N2O3. The molecular weight excluding hydrogens is 277 g/mol. The molecule has 0 saturated heterocycles. The van der Waals surface area contributed by atoms with Gasteiger partial charge in [0.15, 0.2) is 0 Å². The van der Waals surface area contributed by atoms with Gasteiger partial charge in [0, 0.05) is 5.92 Å². The van der Waals surface area contributed by atoms with E-state index >= 15 is 0 Å². The van der Waals surface area contributed by atoms with Crippen LogP contribution in [0.5, 0.6) is 0 Å². The zero-order valence-electron chi connectivity index (χ0n) is 11.0. The minimum Gasteiger partial charge on any atom is -0.480 e. The Morgan fingerprint density at radius 3 is 2.15 bits per heavy atom. The maximum atomic E-state index is 12.4. The van der Waals surface area contributed by atoms with E-state index in [-0.39, 0.29) is 0 Å². The van der Waals surface area contributed by atoms with E-state index in [4.69, 9.17) is 10.8 Å². The Morgan fingerprint density at radius 1 is 1.20 bits per heavy atom. The van der Waals surface area contributed by atoms with Gasteiger partial charge in [-0.15, -0.1) is 0 Å². The SMILES string of the molecule is NCC1CCC(C(=O)N(CC(=O)O)CC(F)(F)F)CC1. The van der Waals surface area contributed by atoms with Gasteiger partial charge in [-0.1, -0.05) is 0 Å². The molecule has 1 aliphatic rings. The van der Waals surface area contributed by atoms with E-state index in [1.54, 1.807) is 0 Å². The third-order valence-corrected chi connectivity index (χ3v) is 3.54. The fourth-order valence-electron chi connectivity index (χ4n) is 2.49. The number of carbonyl (C=O) groups excluding carboxylic acids is 1. The molecule has 0 radical (unpaired) electrons. The first-order valence-electron chi connectivity index (χ1n) is 6.50. The maximum Gasteiger partial charge on any atom is 0.406 e. The van der Waals surface area contributed by atoms with Crippen molar-refractivity contribution in [3.05, 3.63) is 0 Å². The predicted octanol–water partition coefficient (Wildman–Crippen LogP) is 1.23. The molecule has 20 heavy (non-hydrogen) atoms. The van der Waals surface area contributed by atoms with E-state index in [1.807, 2.05) is 0 Å². The van der Waals surface area contributed by atoms with E-state index in [1.165, 1.54) is 0 Å². The van der Waals surface area contributed by atoms with Crippen molar-refractivity contribution >= 4 is 11.9 Å². The zero-order chi connectivity index (χ0) is 15.3. The number of carboxylic acid groups (broad SMARTS) is 1. The first kappa shape index (κ1) is 16.7. The Labute approximate surface area is 114 Å². The smallest absolute Gasteiger partial charge is 0.406 e. The predicted molar refractivity (Wildman–Crippen MR) is 64.8 cm³/mol. The van der Waals surface area contributed by atoms with Crippen molar-refractivity contribution in [1.82, 2.24) is 4.90 Å². The van der Waals surface area contributed by atoms with Gasteiger partial charge in [0.05, 0.1) is 0 Å². The number of carbonyl (C=O) groups is 2. The summed E-state index contributed by atoms with van der Waals surface area (Å²) in [6.07, 6.45) is -2.28. The van der Waals surface area contributed by atoms with E-state index < -0.39 is 37.1 Å². The average molecular weight is 296 g/mol. The molecule has 0 unspecified atom stereocenters. The van der Waals surface area contributed by atoms with Gasteiger partial charge in [0.1, 0.15) is 13.1 Å². The second kappa shape index (κ2) is 6.92. The monoisotopic (exact) mass is 296 g/mol. The lowest BCUT2D eigenvalue weighted by Gasteiger charge is -2.31. The first-order chi connectivity index (χ1) is 9.23. The highest BCUT2D eigenvalue weighted by molar-refractivity contribution is 5.83. The Morgan fingerprint density at radius 2 is 1.75 bits per heavy atom. The number of nitrogens with zero attached hydrogens (tertiary/aromatic N) is 1. The quantitative estimate of drug-likeness (QED) is 0.799. The lowest BCUT2D eigenvalue weighted by Crippen LogP contribution is -2.45. The van der Waals surface area contributed by atoms with Gasteiger partial charge in [-0.05, 0) is 38.1 Å². The van der Waals surface area contributed by atoms with Gasteiger partial charge < -0.3 is 15.7 Å². The largest absolute Gasteiger partial charge is 0.480 e. The molecule has 0 aromatic rings. The van der Waals surface area contributed by atoms with Gasteiger partial charge in [-0.3, -0.25) is 9.59 Å². The topological polar surface area (TPSA) is 83.6 Å². The van der Waals surface area contributed by atoms with Crippen LogP contribution in [0, 0.1) is 11.8 Å². The number of amides is 1. The van der Waals surface area contributed by atoms with Crippen molar-refractivity contribution < 1.29 is 27.9 Å². The molecule has 8 heteroatoms. The minimum atomic E-state index is -4.60. The van der Waals surface area contributed by atoms with Gasteiger partial charge in [-0.25, -0.2) is 0 Å². The number of hydrogen-bond donors (Lipinski definition) is 2. The van der Waals surface area contributed by atoms with Crippen molar-refractivity contribution in [3.8, 4) is 0 Å². The number of aliphatic carboxylic acids is 1. The molecule has 116 valence electrons. The van der Waals surface area contributed by atoms with E-state index in [9.17, 15) is 22.8 Å². The van der Waals surface area contributed by atoms with Crippen LogP contribution in [0.4, 0.5) is 13.2 Å². The summed E-state index contributed by atoms with van der Waals surface area (Å²) >= 11 is 0. The van der Waals surface area contributed by atoms with Gasteiger partial charge in [0.25, 0.3) is 0 Å². The summed E-state index contributed by atoms with van der Waals surface area (Å²) in [6, 6.07) is 0. The summed E-state index contributed by atoms with van der Waals surface area (Å²) in [4.78, 5) is 23.0. The molecule has 0 aromatic carbocycles. The average Bonchev–Trinajstić information content (AvgIpc) is 2.35. The Hall–Kier alpha value is -1.31.